The van der Waals surface area contributed by atoms with Gasteiger partial charge in [0.05, 0.1) is 16.5 Å². The molecule has 14 heteroatoms. The molecule has 32 heavy (non-hydrogen) atoms. The first-order valence-electron chi connectivity index (χ1n) is 8.83. The van der Waals surface area contributed by atoms with Crippen LogP contribution in [0.1, 0.15) is 17.6 Å². The lowest BCUT2D eigenvalue weighted by atomic mass is 10.1. The number of amides is 1. The summed E-state index contributed by atoms with van der Waals surface area (Å²) in [5.74, 6) is -0.850. The van der Waals surface area contributed by atoms with Gasteiger partial charge in [-0.1, -0.05) is 34.5 Å². The molecule has 0 aliphatic carbocycles. The van der Waals surface area contributed by atoms with Crippen molar-refractivity contribution in [3.63, 3.8) is 0 Å². The van der Waals surface area contributed by atoms with Crippen LogP contribution >= 0.6 is 34.5 Å². The van der Waals surface area contributed by atoms with E-state index in [2.05, 4.69) is 15.4 Å². The summed E-state index contributed by atoms with van der Waals surface area (Å²) in [6.07, 6.45) is -1.22. The molecule has 1 aromatic carbocycles. The zero-order valence-corrected chi connectivity index (χ0v) is 19.6. The van der Waals surface area contributed by atoms with Gasteiger partial charge in [0.25, 0.3) is 0 Å². The lowest BCUT2D eigenvalue weighted by molar-refractivity contribution is -0.138. The molecule has 0 radical (unpaired) electrons. The summed E-state index contributed by atoms with van der Waals surface area (Å²) in [5.41, 5.74) is 0.599. The average Bonchev–Trinajstić information content (AvgIpc) is 3.16. The van der Waals surface area contributed by atoms with Crippen molar-refractivity contribution < 1.29 is 26.4 Å². The first kappa shape index (κ1) is 24.5. The average molecular weight is 527 g/mol. The second kappa shape index (κ2) is 9.00. The molecule has 0 saturated heterocycles. The van der Waals surface area contributed by atoms with Gasteiger partial charge in [0.1, 0.15) is 15.5 Å². The molecule has 2 aromatic heterocycles. The van der Waals surface area contributed by atoms with E-state index in [0.717, 1.165) is 16.8 Å². The maximum atomic E-state index is 13.1. The lowest BCUT2D eigenvalue weighted by Gasteiger charge is -2.10. The van der Waals surface area contributed by atoms with Gasteiger partial charge in [0.15, 0.2) is 0 Å². The number of nitrogens with one attached hydrogen (secondary N) is 1. The number of carbonyl (C=O) groups excluding carboxylic acids is 1. The number of hydrogen-bond acceptors (Lipinski definition) is 6. The van der Waals surface area contributed by atoms with Crippen molar-refractivity contribution in [1.82, 2.24) is 19.9 Å². The SMILES string of the molecule is C[C@@H](CS(C)(=O)=O)NC(=O)/C=C/c1nc2sc(C(F)(F)F)nn2c1-c1ccc(Cl)cc1Cl. The maximum absolute atomic E-state index is 13.1. The van der Waals surface area contributed by atoms with E-state index in [0.29, 0.717) is 21.9 Å². The predicted molar refractivity (Wildman–Crippen MR) is 118 cm³/mol. The summed E-state index contributed by atoms with van der Waals surface area (Å²) < 4.78 is 63.0. The van der Waals surface area contributed by atoms with E-state index in [1.165, 1.54) is 31.2 Å². The van der Waals surface area contributed by atoms with Crippen LogP contribution in [-0.4, -0.2) is 47.0 Å². The Kier molecular flexibility index (Phi) is 6.89. The molecule has 0 spiro atoms. The zero-order valence-electron chi connectivity index (χ0n) is 16.4. The molecule has 1 atom stereocenters. The monoisotopic (exact) mass is 526 g/mol. The van der Waals surface area contributed by atoms with Crippen molar-refractivity contribution >= 4 is 61.3 Å². The molecule has 1 amide bonds. The molecular weight excluding hydrogens is 512 g/mol. The Balaban J connectivity index is 2.02. The van der Waals surface area contributed by atoms with Crippen LogP contribution in [0.5, 0.6) is 0 Å². The summed E-state index contributed by atoms with van der Waals surface area (Å²) >= 11 is 12.5. The number of sulfone groups is 1. The molecule has 0 aliphatic heterocycles. The largest absolute Gasteiger partial charge is 0.445 e. The van der Waals surface area contributed by atoms with Crippen molar-refractivity contribution in [2.24, 2.45) is 0 Å². The highest BCUT2D eigenvalue weighted by molar-refractivity contribution is 7.90. The van der Waals surface area contributed by atoms with E-state index < -0.39 is 33.0 Å². The quantitative estimate of drug-likeness (QED) is 0.482. The number of imidazole rings is 1. The minimum Gasteiger partial charge on any atom is -0.349 e. The molecule has 0 aliphatic rings. The molecule has 3 aromatic rings. The number of hydrogen-bond donors (Lipinski definition) is 1. The Bertz CT molecular complexity index is 1320. The van der Waals surface area contributed by atoms with Gasteiger partial charge in [0, 0.05) is 29.0 Å². The van der Waals surface area contributed by atoms with Crippen LogP contribution < -0.4 is 5.32 Å². The zero-order chi connectivity index (χ0) is 23.8. The second-order valence-corrected chi connectivity index (χ2v) is 10.9. The summed E-state index contributed by atoms with van der Waals surface area (Å²) in [5, 5.41) is 5.50. The van der Waals surface area contributed by atoms with Gasteiger partial charge < -0.3 is 5.32 Å². The summed E-state index contributed by atoms with van der Waals surface area (Å²) in [6, 6.07) is 3.79. The van der Waals surface area contributed by atoms with Crippen LogP contribution in [0.2, 0.25) is 10.0 Å². The molecule has 0 bridgehead atoms. The Labute approximate surface area is 194 Å². The van der Waals surface area contributed by atoms with Gasteiger partial charge in [-0.05, 0) is 31.2 Å². The van der Waals surface area contributed by atoms with Gasteiger partial charge in [-0.3, -0.25) is 4.79 Å². The fourth-order valence-electron chi connectivity index (χ4n) is 2.87. The standard InChI is InChI=1S/C18H15Cl2F3N4O3S2/c1-9(8-32(2,29)30)24-14(28)6-5-13-15(11-4-3-10(19)7-12(11)20)27-17(25-13)31-16(26-27)18(21,22)23/h3-7,9H,8H2,1-2H3,(H,24,28)/b6-5+/t9-/m0/s1. The number of aromatic nitrogens is 3. The summed E-state index contributed by atoms with van der Waals surface area (Å²) in [6.45, 7) is 1.53. The Morgan fingerprint density at radius 1 is 1.34 bits per heavy atom. The van der Waals surface area contributed by atoms with E-state index in [4.69, 9.17) is 23.2 Å². The topological polar surface area (TPSA) is 93.4 Å². The third-order valence-corrected chi connectivity index (χ3v) is 6.60. The van der Waals surface area contributed by atoms with Crippen LogP contribution in [0.4, 0.5) is 13.2 Å². The highest BCUT2D eigenvalue weighted by Gasteiger charge is 2.36. The molecule has 3 rings (SSSR count). The predicted octanol–water partition coefficient (Wildman–Crippen LogP) is 4.35. The molecule has 0 unspecified atom stereocenters. The fourth-order valence-corrected chi connectivity index (χ4v) is 5.13. The molecular formula is C18H15Cl2F3N4O3S2. The van der Waals surface area contributed by atoms with Gasteiger partial charge in [-0.2, -0.15) is 13.2 Å². The minimum absolute atomic E-state index is 0.0520. The van der Waals surface area contributed by atoms with Gasteiger partial charge in [-0.25, -0.2) is 17.9 Å². The van der Waals surface area contributed by atoms with Crippen molar-refractivity contribution in [3.8, 4) is 11.3 Å². The molecule has 1 N–H and O–H groups in total. The number of alkyl halides is 3. The summed E-state index contributed by atoms with van der Waals surface area (Å²) in [4.78, 5) is 16.3. The van der Waals surface area contributed by atoms with E-state index >= 15 is 0 Å². The highest BCUT2D eigenvalue weighted by Crippen LogP contribution is 2.38. The van der Waals surface area contributed by atoms with E-state index in [1.54, 1.807) is 0 Å². The first-order chi connectivity index (χ1) is 14.7. The Hall–Kier alpha value is -2.15. The number of carbonyl (C=O) groups is 1. The number of halogens is 5. The van der Waals surface area contributed by atoms with Crippen molar-refractivity contribution in [1.29, 1.82) is 0 Å². The molecule has 2 heterocycles. The number of benzene rings is 1. The van der Waals surface area contributed by atoms with Gasteiger partial charge in [0.2, 0.25) is 15.9 Å². The minimum atomic E-state index is -4.65. The van der Waals surface area contributed by atoms with E-state index in [-0.39, 0.29) is 27.1 Å². The van der Waals surface area contributed by atoms with Gasteiger partial charge >= 0.3 is 6.18 Å². The van der Waals surface area contributed by atoms with Crippen LogP contribution in [0.15, 0.2) is 24.3 Å². The normalized spacial score (nSPS) is 13.7. The van der Waals surface area contributed by atoms with Crippen molar-refractivity contribution in [2.75, 3.05) is 12.0 Å². The Morgan fingerprint density at radius 2 is 2.03 bits per heavy atom. The molecule has 7 nitrogen and oxygen atoms in total. The lowest BCUT2D eigenvalue weighted by Crippen LogP contribution is -2.36. The van der Waals surface area contributed by atoms with Crippen LogP contribution in [0.25, 0.3) is 22.3 Å². The van der Waals surface area contributed by atoms with E-state index in [1.807, 2.05) is 0 Å². The molecule has 0 saturated carbocycles. The number of rotatable bonds is 6. The summed E-state index contributed by atoms with van der Waals surface area (Å²) in [7, 11) is -3.29. The van der Waals surface area contributed by atoms with Crippen LogP contribution in [0, 0.1) is 0 Å². The maximum Gasteiger partial charge on any atom is 0.445 e. The van der Waals surface area contributed by atoms with Crippen LogP contribution in [0.3, 0.4) is 0 Å². The second-order valence-electron chi connectivity index (χ2n) is 6.90. The first-order valence-corrected chi connectivity index (χ1v) is 12.5. The molecule has 172 valence electrons. The van der Waals surface area contributed by atoms with Crippen molar-refractivity contribution in [3.05, 3.63) is 45.0 Å². The van der Waals surface area contributed by atoms with Gasteiger partial charge in [-0.15, -0.1) is 5.10 Å². The van der Waals surface area contributed by atoms with E-state index in [9.17, 15) is 26.4 Å². The Morgan fingerprint density at radius 3 is 2.62 bits per heavy atom. The number of fused-ring (bicyclic) bond motifs is 1. The fraction of sp³-hybridized carbons (Fsp3) is 0.278. The van der Waals surface area contributed by atoms with Crippen molar-refractivity contribution in [2.45, 2.75) is 19.1 Å². The van der Waals surface area contributed by atoms with Crippen LogP contribution in [-0.2, 0) is 20.8 Å². The highest BCUT2D eigenvalue weighted by atomic mass is 35.5. The third-order valence-electron chi connectivity index (χ3n) is 3.99. The third kappa shape index (κ3) is 5.80. The number of nitrogens with zero attached hydrogens (tertiary/aromatic N) is 3. The molecule has 0 fully saturated rings. The smallest absolute Gasteiger partial charge is 0.349 e.